The first kappa shape index (κ1) is 10.4. The molecule has 2 aromatic heterocycles. The van der Waals surface area contributed by atoms with E-state index in [4.69, 9.17) is 4.74 Å². The van der Waals surface area contributed by atoms with E-state index in [2.05, 4.69) is 9.97 Å². The maximum absolute atomic E-state index is 11.5. The van der Waals surface area contributed by atoms with E-state index in [1.807, 2.05) is 0 Å². The lowest BCUT2D eigenvalue weighted by atomic mass is 10.2. The van der Waals surface area contributed by atoms with E-state index in [-0.39, 0.29) is 18.1 Å². The van der Waals surface area contributed by atoms with Gasteiger partial charge in [0.15, 0.2) is 0 Å². The van der Waals surface area contributed by atoms with Crippen molar-refractivity contribution < 1.29 is 14.6 Å². The molecule has 0 aliphatic heterocycles. The predicted octanol–water partition coefficient (Wildman–Crippen LogP) is 1.51. The van der Waals surface area contributed by atoms with E-state index in [0.717, 1.165) is 0 Å². The number of carbonyl (C=O) groups excluding carboxylic acids is 1. The summed E-state index contributed by atoms with van der Waals surface area (Å²) in [5.41, 5.74) is 1.12. The molecule has 82 valence electrons. The van der Waals surface area contributed by atoms with Crippen molar-refractivity contribution in [2.45, 2.75) is 6.92 Å². The standard InChI is InChI=1S/C11H10N2O3/c1-2-16-11(15)7-6-9-8(13-10(7)14)4-3-5-12-9/h3-6H,2H2,1H3,(H,13,14). The SMILES string of the molecule is CCOC(=O)c1cc2ncccc2nc1O. The largest absolute Gasteiger partial charge is 0.493 e. The molecule has 2 aromatic rings. The topological polar surface area (TPSA) is 72.3 Å². The fraction of sp³-hybridized carbons (Fsp3) is 0.182. The summed E-state index contributed by atoms with van der Waals surface area (Å²) in [4.78, 5) is 19.4. The van der Waals surface area contributed by atoms with Crippen LogP contribution in [0.25, 0.3) is 11.0 Å². The molecule has 0 aliphatic carbocycles. The van der Waals surface area contributed by atoms with Gasteiger partial charge in [0.05, 0.1) is 17.6 Å². The molecule has 1 N–H and O–H groups in total. The minimum Gasteiger partial charge on any atom is -0.493 e. The monoisotopic (exact) mass is 218 g/mol. The van der Waals surface area contributed by atoms with Gasteiger partial charge >= 0.3 is 5.97 Å². The first-order chi connectivity index (χ1) is 7.72. The van der Waals surface area contributed by atoms with Crippen LogP contribution in [0.2, 0.25) is 0 Å². The number of rotatable bonds is 2. The van der Waals surface area contributed by atoms with Gasteiger partial charge in [-0.3, -0.25) is 4.98 Å². The lowest BCUT2D eigenvalue weighted by Gasteiger charge is -2.04. The van der Waals surface area contributed by atoms with Crippen molar-refractivity contribution in [1.82, 2.24) is 9.97 Å². The molecule has 5 heteroatoms. The average Bonchev–Trinajstić information content (AvgIpc) is 2.28. The van der Waals surface area contributed by atoms with Gasteiger partial charge in [-0.25, -0.2) is 9.78 Å². The van der Waals surface area contributed by atoms with E-state index in [1.54, 1.807) is 25.3 Å². The normalized spacial score (nSPS) is 10.3. The minimum atomic E-state index is -0.597. The summed E-state index contributed by atoms with van der Waals surface area (Å²) < 4.78 is 4.79. The third-order valence-electron chi connectivity index (χ3n) is 2.06. The Morgan fingerprint density at radius 2 is 2.31 bits per heavy atom. The second kappa shape index (κ2) is 4.14. The van der Waals surface area contributed by atoms with Crippen LogP contribution in [0.3, 0.4) is 0 Å². The summed E-state index contributed by atoms with van der Waals surface area (Å²) in [6, 6.07) is 4.88. The molecule has 0 spiro atoms. The van der Waals surface area contributed by atoms with Crippen LogP contribution in [0.1, 0.15) is 17.3 Å². The Hall–Kier alpha value is -2.17. The van der Waals surface area contributed by atoms with Crippen molar-refractivity contribution in [1.29, 1.82) is 0 Å². The van der Waals surface area contributed by atoms with Crippen LogP contribution in [-0.2, 0) is 4.74 Å². The molecule has 0 amide bonds. The van der Waals surface area contributed by atoms with Gasteiger partial charge in [-0.05, 0) is 25.1 Å². The molecular formula is C11H10N2O3. The highest BCUT2D eigenvalue weighted by molar-refractivity contribution is 5.95. The predicted molar refractivity (Wildman–Crippen MR) is 57.2 cm³/mol. The number of fused-ring (bicyclic) bond motifs is 1. The summed E-state index contributed by atoms with van der Waals surface area (Å²) in [6.45, 7) is 1.94. The van der Waals surface area contributed by atoms with E-state index in [9.17, 15) is 9.90 Å². The zero-order valence-corrected chi connectivity index (χ0v) is 8.67. The van der Waals surface area contributed by atoms with Gasteiger partial charge in [0, 0.05) is 6.20 Å². The Kier molecular flexibility index (Phi) is 2.68. The van der Waals surface area contributed by atoms with Crippen molar-refractivity contribution in [2.75, 3.05) is 6.61 Å². The average molecular weight is 218 g/mol. The molecule has 5 nitrogen and oxygen atoms in total. The highest BCUT2D eigenvalue weighted by atomic mass is 16.5. The Bertz CT molecular complexity index is 540. The highest BCUT2D eigenvalue weighted by Gasteiger charge is 2.14. The summed E-state index contributed by atoms with van der Waals surface area (Å²) in [5, 5.41) is 9.57. The van der Waals surface area contributed by atoms with Gasteiger partial charge in [0.1, 0.15) is 5.56 Å². The van der Waals surface area contributed by atoms with Crippen LogP contribution in [0.15, 0.2) is 24.4 Å². The zero-order valence-electron chi connectivity index (χ0n) is 8.67. The molecule has 16 heavy (non-hydrogen) atoms. The lowest BCUT2D eigenvalue weighted by Crippen LogP contribution is -2.06. The van der Waals surface area contributed by atoms with Crippen LogP contribution in [0.4, 0.5) is 0 Å². The zero-order chi connectivity index (χ0) is 11.5. The van der Waals surface area contributed by atoms with E-state index < -0.39 is 5.97 Å². The van der Waals surface area contributed by atoms with Crippen LogP contribution >= 0.6 is 0 Å². The van der Waals surface area contributed by atoms with Crippen molar-refractivity contribution >= 4 is 17.0 Å². The summed E-state index contributed by atoms with van der Waals surface area (Å²) in [5.74, 6) is -0.931. The fourth-order valence-electron chi connectivity index (χ4n) is 1.35. The minimum absolute atomic E-state index is 0.0352. The number of esters is 1. The summed E-state index contributed by atoms with van der Waals surface area (Å²) in [7, 11) is 0. The maximum atomic E-state index is 11.5. The number of hydrogen-bond acceptors (Lipinski definition) is 5. The first-order valence-electron chi connectivity index (χ1n) is 4.84. The third-order valence-corrected chi connectivity index (χ3v) is 2.06. The molecule has 0 aliphatic rings. The molecule has 0 fully saturated rings. The van der Waals surface area contributed by atoms with Gasteiger partial charge in [-0.2, -0.15) is 0 Å². The highest BCUT2D eigenvalue weighted by Crippen LogP contribution is 2.20. The number of ether oxygens (including phenoxy) is 1. The number of pyridine rings is 2. The first-order valence-corrected chi connectivity index (χ1v) is 4.84. The van der Waals surface area contributed by atoms with Crippen LogP contribution in [0, 0.1) is 0 Å². The van der Waals surface area contributed by atoms with Gasteiger partial charge in [0.25, 0.3) is 0 Å². The Balaban J connectivity index is 2.54. The second-order valence-electron chi connectivity index (χ2n) is 3.12. The molecule has 0 saturated carbocycles. The van der Waals surface area contributed by atoms with Gasteiger partial charge in [-0.15, -0.1) is 0 Å². The smallest absolute Gasteiger partial charge is 0.343 e. The second-order valence-corrected chi connectivity index (χ2v) is 3.12. The molecule has 0 unspecified atom stereocenters. The van der Waals surface area contributed by atoms with E-state index in [1.165, 1.54) is 6.07 Å². The van der Waals surface area contributed by atoms with Gasteiger partial charge in [0.2, 0.25) is 5.88 Å². The van der Waals surface area contributed by atoms with E-state index >= 15 is 0 Å². The molecule has 0 radical (unpaired) electrons. The molecule has 0 saturated heterocycles. The third kappa shape index (κ3) is 1.79. The quantitative estimate of drug-likeness (QED) is 0.773. The van der Waals surface area contributed by atoms with Crippen molar-refractivity contribution in [3.63, 3.8) is 0 Å². The molecule has 0 bridgehead atoms. The van der Waals surface area contributed by atoms with Crippen LogP contribution in [-0.4, -0.2) is 27.7 Å². The number of aromatic nitrogens is 2. The van der Waals surface area contributed by atoms with Crippen molar-refractivity contribution in [3.05, 3.63) is 30.0 Å². The van der Waals surface area contributed by atoms with Crippen LogP contribution in [0.5, 0.6) is 5.88 Å². The number of nitrogens with zero attached hydrogens (tertiary/aromatic N) is 2. The number of carbonyl (C=O) groups is 1. The molecular weight excluding hydrogens is 208 g/mol. The molecule has 2 rings (SSSR count). The van der Waals surface area contributed by atoms with Gasteiger partial charge in [-0.1, -0.05) is 0 Å². The number of hydrogen-bond donors (Lipinski definition) is 1. The maximum Gasteiger partial charge on any atom is 0.343 e. The Labute approximate surface area is 91.7 Å². The van der Waals surface area contributed by atoms with Crippen LogP contribution < -0.4 is 0 Å². The summed E-state index contributed by atoms with van der Waals surface area (Å²) in [6.07, 6.45) is 1.59. The fourth-order valence-corrected chi connectivity index (χ4v) is 1.35. The molecule has 2 heterocycles. The Morgan fingerprint density at radius 3 is 3.06 bits per heavy atom. The summed E-state index contributed by atoms with van der Waals surface area (Å²) >= 11 is 0. The Morgan fingerprint density at radius 1 is 1.50 bits per heavy atom. The van der Waals surface area contributed by atoms with Crippen molar-refractivity contribution in [3.8, 4) is 5.88 Å². The van der Waals surface area contributed by atoms with E-state index in [0.29, 0.717) is 11.0 Å². The molecule has 0 atom stereocenters. The van der Waals surface area contributed by atoms with Crippen molar-refractivity contribution in [2.24, 2.45) is 0 Å². The lowest BCUT2D eigenvalue weighted by molar-refractivity contribution is 0.0522. The molecule has 0 aromatic carbocycles. The number of aromatic hydroxyl groups is 1. The van der Waals surface area contributed by atoms with Gasteiger partial charge < -0.3 is 9.84 Å².